The van der Waals surface area contributed by atoms with Crippen molar-refractivity contribution in [2.75, 3.05) is 6.61 Å². The zero-order valence-electron chi connectivity index (χ0n) is 21.2. The molecule has 194 valence electrons. The predicted molar refractivity (Wildman–Crippen MR) is 144 cm³/mol. The summed E-state index contributed by atoms with van der Waals surface area (Å²) in [4.78, 5) is 14.7. The molecule has 0 heterocycles. The molecule has 3 rings (SSSR count). The number of aliphatic imine (C=N–C) groups is 1. The number of nitro groups is 1. The van der Waals surface area contributed by atoms with Gasteiger partial charge in [0.25, 0.3) is 5.69 Å². The second-order valence-electron chi connectivity index (χ2n) is 9.71. The summed E-state index contributed by atoms with van der Waals surface area (Å²) in [6, 6.07) is 15.7. The number of aliphatic hydroxyl groups is 2. The van der Waals surface area contributed by atoms with Gasteiger partial charge in [-0.25, -0.2) is 0 Å². The molecule has 0 spiro atoms. The molecule has 0 fully saturated rings. The van der Waals surface area contributed by atoms with E-state index in [9.17, 15) is 25.4 Å². The van der Waals surface area contributed by atoms with E-state index in [1.54, 1.807) is 18.2 Å². The molecule has 0 unspecified atom stereocenters. The molecular weight excluding hydrogens is 472 g/mol. The zero-order chi connectivity index (χ0) is 27.2. The molecule has 0 saturated heterocycles. The molecular formula is C29H32N2O6. The number of nitro benzene ring substituents is 1. The highest BCUT2D eigenvalue weighted by Gasteiger charge is 2.23. The molecule has 0 aliphatic heterocycles. The number of nitrogens with zero attached hydrogens (tertiary/aromatic N) is 2. The van der Waals surface area contributed by atoms with Gasteiger partial charge in [-0.2, -0.15) is 0 Å². The van der Waals surface area contributed by atoms with Crippen molar-refractivity contribution in [3.8, 4) is 11.5 Å². The summed E-state index contributed by atoms with van der Waals surface area (Å²) < 4.78 is 6.03. The van der Waals surface area contributed by atoms with E-state index >= 15 is 0 Å². The first-order valence-corrected chi connectivity index (χ1v) is 11.8. The predicted octanol–water partition coefficient (Wildman–Crippen LogP) is 5.33. The maximum Gasteiger partial charge on any atom is 0.269 e. The standard InChI is InChI=1S/C29H32N2O6/c1-5-19-6-8-20(9-7-19)18-37-24-14-22(27(33)25(15-24)29(2,3)4)16-30-26(17-32)28(34)21-10-12-23(13-11-21)31(35)36/h5-16,26,28,32-34H,1,17-18H2,2-4H3/t26-,28-/m1/s1. The fourth-order valence-corrected chi connectivity index (χ4v) is 3.72. The van der Waals surface area contributed by atoms with E-state index in [4.69, 9.17) is 4.74 Å². The Morgan fingerprint density at radius 2 is 1.76 bits per heavy atom. The van der Waals surface area contributed by atoms with Crippen LogP contribution in [0.1, 0.15) is 54.7 Å². The van der Waals surface area contributed by atoms with E-state index < -0.39 is 29.1 Å². The lowest BCUT2D eigenvalue weighted by Gasteiger charge is -2.23. The van der Waals surface area contributed by atoms with Gasteiger partial charge in [0.15, 0.2) is 0 Å². The first kappa shape index (κ1) is 27.6. The molecule has 8 nitrogen and oxygen atoms in total. The highest BCUT2D eigenvalue weighted by atomic mass is 16.6. The van der Waals surface area contributed by atoms with Crippen LogP contribution in [0.25, 0.3) is 6.08 Å². The number of hydrogen-bond donors (Lipinski definition) is 3. The summed E-state index contributed by atoms with van der Waals surface area (Å²) in [7, 11) is 0. The molecule has 3 N–H and O–H groups in total. The zero-order valence-corrected chi connectivity index (χ0v) is 21.2. The monoisotopic (exact) mass is 504 g/mol. The van der Waals surface area contributed by atoms with Crippen LogP contribution in [0.2, 0.25) is 0 Å². The van der Waals surface area contributed by atoms with Crippen molar-refractivity contribution in [2.24, 2.45) is 4.99 Å². The smallest absolute Gasteiger partial charge is 0.269 e. The summed E-state index contributed by atoms with van der Waals surface area (Å²) in [5.41, 5.74) is 2.89. The van der Waals surface area contributed by atoms with Crippen LogP contribution in [-0.4, -0.2) is 39.1 Å². The van der Waals surface area contributed by atoms with Gasteiger partial charge < -0.3 is 20.1 Å². The van der Waals surface area contributed by atoms with Crippen molar-refractivity contribution in [1.82, 2.24) is 0 Å². The topological polar surface area (TPSA) is 125 Å². The van der Waals surface area contributed by atoms with Crippen molar-refractivity contribution < 1.29 is 25.0 Å². The van der Waals surface area contributed by atoms with Crippen LogP contribution in [0.15, 0.2) is 72.2 Å². The fraction of sp³-hybridized carbons (Fsp3) is 0.276. The number of hydrogen-bond acceptors (Lipinski definition) is 7. The van der Waals surface area contributed by atoms with Gasteiger partial charge in [0.05, 0.1) is 11.5 Å². The van der Waals surface area contributed by atoms with Gasteiger partial charge in [0, 0.05) is 29.5 Å². The lowest BCUT2D eigenvalue weighted by atomic mass is 9.85. The Morgan fingerprint density at radius 3 is 2.30 bits per heavy atom. The number of benzene rings is 3. The van der Waals surface area contributed by atoms with Crippen LogP contribution >= 0.6 is 0 Å². The minimum absolute atomic E-state index is 0.0282. The Bertz CT molecular complexity index is 1260. The SMILES string of the molecule is C=Cc1ccc(COc2cc(C=N[C@H](CO)[C@H](O)c3ccc([N+](=O)[O-])cc3)c(O)c(C(C)(C)C)c2)cc1. The number of phenolic OH excluding ortho intramolecular Hbond substituents is 1. The fourth-order valence-electron chi connectivity index (χ4n) is 3.72. The lowest BCUT2D eigenvalue weighted by Crippen LogP contribution is -2.21. The average Bonchev–Trinajstić information content (AvgIpc) is 2.88. The Hall–Kier alpha value is -4.01. The molecule has 0 saturated carbocycles. The van der Waals surface area contributed by atoms with Crippen molar-refractivity contribution in [1.29, 1.82) is 0 Å². The van der Waals surface area contributed by atoms with Gasteiger partial charge in [-0.3, -0.25) is 15.1 Å². The minimum atomic E-state index is -1.20. The molecule has 3 aromatic rings. The van der Waals surface area contributed by atoms with Gasteiger partial charge in [-0.1, -0.05) is 57.7 Å². The minimum Gasteiger partial charge on any atom is -0.507 e. The van der Waals surface area contributed by atoms with Gasteiger partial charge in [-0.05, 0) is 46.4 Å². The maximum absolute atomic E-state index is 11.0. The molecule has 37 heavy (non-hydrogen) atoms. The number of rotatable bonds is 10. The first-order chi connectivity index (χ1) is 17.5. The summed E-state index contributed by atoms with van der Waals surface area (Å²) in [6.45, 7) is 9.51. The van der Waals surface area contributed by atoms with Crippen LogP contribution in [0.3, 0.4) is 0 Å². The van der Waals surface area contributed by atoms with Crippen molar-refractivity contribution in [3.05, 3.63) is 105 Å². The van der Waals surface area contributed by atoms with Crippen LogP contribution in [0.5, 0.6) is 11.5 Å². The normalized spacial score (nSPS) is 13.3. The third-order valence-corrected chi connectivity index (χ3v) is 5.94. The summed E-state index contributed by atoms with van der Waals surface area (Å²) >= 11 is 0. The Balaban J connectivity index is 1.87. The van der Waals surface area contributed by atoms with E-state index in [-0.39, 0.29) is 11.4 Å². The first-order valence-electron chi connectivity index (χ1n) is 11.8. The number of ether oxygens (including phenoxy) is 1. The third kappa shape index (κ3) is 7.03. The van der Waals surface area contributed by atoms with Crippen molar-refractivity contribution in [2.45, 2.75) is 44.9 Å². The summed E-state index contributed by atoms with van der Waals surface area (Å²) in [5.74, 6) is 0.564. The van der Waals surface area contributed by atoms with Crippen LogP contribution in [0, 0.1) is 10.1 Å². The van der Waals surface area contributed by atoms with E-state index in [2.05, 4.69) is 11.6 Å². The Labute approximate surface area is 216 Å². The number of aliphatic hydroxyl groups excluding tert-OH is 2. The molecule has 0 amide bonds. The van der Waals surface area contributed by atoms with Crippen LogP contribution < -0.4 is 4.74 Å². The number of non-ortho nitro benzene ring substituents is 1. The molecule has 8 heteroatoms. The second-order valence-corrected chi connectivity index (χ2v) is 9.71. The highest BCUT2D eigenvalue weighted by molar-refractivity contribution is 5.85. The van der Waals surface area contributed by atoms with E-state index in [1.807, 2.05) is 45.0 Å². The second kappa shape index (κ2) is 11.8. The Kier molecular flexibility index (Phi) is 8.81. The molecule has 0 bridgehead atoms. The molecule has 0 radical (unpaired) electrons. The third-order valence-electron chi connectivity index (χ3n) is 5.94. The summed E-state index contributed by atoms with van der Waals surface area (Å²) in [6.07, 6.45) is 1.96. The van der Waals surface area contributed by atoms with Crippen molar-refractivity contribution >= 4 is 18.0 Å². The van der Waals surface area contributed by atoms with Crippen molar-refractivity contribution in [3.63, 3.8) is 0 Å². The number of phenols is 1. The van der Waals surface area contributed by atoms with E-state index in [1.165, 1.54) is 30.5 Å². The number of aromatic hydroxyl groups is 1. The largest absolute Gasteiger partial charge is 0.507 e. The van der Waals surface area contributed by atoms with Gasteiger partial charge >= 0.3 is 0 Å². The molecule has 3 aromatic carbocycles. The van der Waals surface area contributed by atoms with Gasteiger partial charge in [0.1, 0.15) is 30.3 Å². The maximum atomic E-state index is 11.0. The molecule has 0 aliphatic carbocycles. The van der Waals surface area contributed by atoms with E-state index in [0.717, 1.165) is 11.1 Å². The van der Waals surface area contributed by atoms with E-state index in [0.29, 0.717) is 29.0 Å². The van der Waals surface area contributed by atoms with Gasteiger partial charge in [-0.15, -0.1) is 0 Å². The average molecular weight is 505 g/mol. The summed E-state index contributed by atoms with van der Waals surface area (Å²) in [5, 5.41) is 42.4. The quantitative estimate of drug-likeness (QED) is 0.195. The molecule has 0 aliphatic rings. The molecule has 0 aromatic heterocycles. The van der Waals surface area contributed by atoms with Crippen LogP contribution in [0.4, 0.5) is 5.69 Å². The molecule has 2 atom stereocenters. The van der Waals surface area contributed by atoms with Crippen LogP contribution in [-0.2, 0) is 12.0 Å². The van der Waals surface area contributed by atoms with Gasteiger partial charge in [0.2, 0.25) is 0 Å². The lowest BCUT2D eigenvalue weighted by molar-refractivity contribution is -0.384. The highest BCUT2D eigenvalue weighted by Crippen LogP contribution is 2.36. The Morgan fingerprint density at radius 1 is 1.11 bits per heavy atom.